The Morgan fingerprint density at radius 1 is 1.55 bits per heavy atom. The third-order valence-electron chi connectivity index (χ3n) is 2.21. The van der Waals surface area contributed by atoms with Gasteiger partial charge < -0.3 is 10.6 Å². The molecule has 0 aromatic heterocycles. The van der Waals surface area contributed by atoms with E-state index in [1.165, 1.54) is 12.8 Å². The van der Waals surface area contributed by atoms with Gasteiger partial charge in [-0.15, -0.1) is 0 Å². The van der Waals surface area contributed by atoms with Crippen molar-refractivity contribution in [3.63, 3.8) is 0 Å². The Labute approximate surface area is 65.9 Å². The lowest BCUT2D eigenvalue weighted by atomic mass is 10.1. The molecule has 1 atom stereocenters. The van der Waals surface area contributed by atoms with Crippen LogP contribution in [0.5, 0.6) is 0 Å². The molecule has 60 valence electrons. The van der Waals surface area contributed by atoms with Gasteiger partial charge in [0.1, 0.15) is 0 Å². The van der Waals surface area contributed by atoms with Crippen molar-refractivity contribution in [3.8, 4) is 0 Å². The van der Waals surface area contributed by atoms with E-state index in [-0.39, 0.29) is 11.8 Å². The van der Waals surface area contributed by atoms with Gasteiger partial charge in [0.15, 0.2) is 5.78 Å². The van der Waals surface area contributed by atoms with E-state index in [9.17, 15) is 4.79 Å². The maximum atomic E-state index is 11.1. The number of ketones is 1. The van der Waals surface area contributed by atoms with Crippen LogP contribution in [0.4, 0.5) is 0 Å². The van der Waals surface area contributed by atoms with E-state index in [4.69, 9.17) is 5.73 Å². The first-order valence-corrected chi connectivity index (χ1v) is 4.00. The van der Waals surface area contributed by atoms with Crippen LogP contribution >= 0.6 is 0 Å². The van der Waals surface area contributed by atoms with Crippen molar-refractivity contribution in [1.29, 1.82) is 0 Å². The molecule has 0 bridgehead atoms. The number of carbonyl (C=O) groups is 1. The molecule has 3 heteroatoms. The summed E-state index contributed by atoms with van der Waals surface area (Å²) in [5, 5.41) is 0. The topological polar surface area (TPSA) is 46.3 Å². The molecule has 0 saturated heterocycles. The Hall–Kier alpha value is -0.830. The van der Waals surface area contributed by atoms with Gasteiger partial charge in [-0.1, -0.05) is 0 Å². The van der Waals surface area contributed by atoms with Crippen LogP contribution in [0.15, 0.2) is 12.3 Å². The highest BCUT2D eigenvalue weighted by Crippen LogP contribution is 2.27. The number of rotatable bonds is 1. The van der Waals surface area contributed by atoms with E-state index in [2.05, 4.69) is 4.90 Å². The molecule has 1 saturated carbocycles. The SMILES string of the molecule is NC1C=CN(C2CC2)CC1=O. The number of nitrogens with zero attached hydrogens (tertiary/aromatic N) is 1. The normalized spacial score (nSPS) is 31.2. The molecule has 1 aliphatic heterocycles. The minimum Gasteiger partial charge on any atom is -0.367 e. The Bertz CT molecular complexity index is 208. The summed E-state index contributed by atoms with van der Waals surface area (Å²) in [4.78, 5) is 13.2. The van der Waals surface area contributed by atoms with Crippen molar-refractivity contribution in [2.75, 3.05) is 6.54 Å². The molecule has 2 N–H and O–H groups in total. The lowest BCUT2D eigenvalue weighted by molar-refractivity contribution is -0.120. The second kappa shape index (κ2) is 2.34. The average molecular weight is 152 g/mol. The number of carbonyl (C=O) groups excluding carboxylic acids is 1. The molecule has 1 aliphatic carbocycles. The van der Waals surface area contributed by atoms with Crippen molar-refractivity contribution in [3.05, 3.63) is 12.3 Å². The summed E-state index contributed by atoms with van der Waals surface area (Å²) in [6.45, 7) is 0.516. The van der Waals surface area contributed by atoms with Crippen LogP contribution in [0, 0.1) is 0 Å². The Kier molecular flexibility index (Phi) is 1.46. The first-order valence-electron chi connectivity index (χ1n) is 4.00. The van der Waals surface area contributed by atoms with Gasteiger partial charge in [0, 0.05) is 6.04 Å². The molecule has 1 unspecified atom stereocenters. The zero-order valence-electron chi connectivity index (χ0n) is 6.36. The average Bonchev–Trinajstić information content (AvgIpc) is 2.77. The van der Waals surface area contributed by atoms with Crippen LogP contribution in [0.2, 0.25) is 0 Å². The zero-order valence-corrected chi connectivity index (χ0v) is 6.36. The third-order valence-corrected chi connectivity index (χ3v) is 2.21. The number of nitrogens with two attached hydrogens (primary N) is 1. The third kappa shape index (κ3) is 1.28. The largest absolute Gasteiger partial charge is 0.367 e. The van der Waals surface area contributed by atoms with E-state index in [0.29, 0.717) is 12.6 Å². The predicted octanol–water partition coefficient (Wildman–Crippen LogP) is -0.126. The van der Waals surface area contributed by atoms with Crippen molar-refractivity contribution in [2.45, 2.75) is 24.9 Å². The molecule has 1 heterocycles. The fraction of sp³-hybridized carbons (Fsp3) is 0.625. The van der Waals surface area contributed by atoms with Crippen molar-refractivity contribution in [2.24, 2.45) is 5.73 Å². The Morgan fingerprint density at radius 3 is 2.82 bits per heavy atom. The van der Waals surface area contributed by atoms with Gasteiger partial charge in [-0.05, 0) is 25.1 Å². The second-order valence-electron chi connectivity index (χ2n) is 3.24. The van der Waals surface area contributed by atoms with E-state index >= 15 is 0 Å². The van der Waals surface area contributed by atoms with Crippen LogP contribution < -0.4 is 5.73 Å². The number of Topliss-reactive ketones (excluding diaryl/α,β-unsaturated/α-hetero) is 1. The van der Waals surface area contributed by atoms with Crippen LogP contribution in [-0.4, -0.2) is 29.3 Å². The van der Waals surface area contributed by atoms with Gasteiger partial charge in [0.05, 0.1) is 12.6 Å². The summed E-state index contributed by atoms with van der Waals surface area (Å²) < 4.78 is 0. The molecule has 2 aliphatic rings. The highest BCUT2D eigenvalue weighted by atomic mass is 16.1. The van der Waals surface area contributed by atoms with Gasteiger partial charge in [0.25, 0.3) is 0 Å². The van der Waals surface area contributed by atoms with Gasteiger partial charge in [-0.3, -0.25) is 4.79 Å². The first kappa shape index (κ1) is 6.85. The molecule has 0 amide bonds. The summed E-state index contributed by atoms with van der Waals surface area (Å²) >= 11 is 0. The van der Waals surface area contributed by atoms with E-state index in [1.54, 1.807) is 6.08 Å². The minimum atomic E-state index is -0.356. The molecular weight excluding hydrogens is 140 g/mol. The lowest BCUT2D eigenvalue weighted by Gasteiger charge is -2.24. The lowest BCUT2D eigenvalue weighted by Crippen LogP contribution is -2.41. The van der Waals surface area contributed by atoms with E-state index in [0.717, 1.165) is 0 Å². The fourth-order valence-electron chi connectivity index (χ4n) is 1.31. The van der Waals surface area contributed by atoms with Gasteiger partial charge >= 0.3 is 0 Å². The van der Waals surface area contributed by atoms with Crippen LogP contribution in [0.1, 0.15) is 12.8 Å². The highest BCUT2D eigenvalue weighted by molar-refractivity contribution is 5.88. The fourth-order valence-corrected chi connectivity index (χ4v) is 1.31. The van der Waals surface area contributed by atoms with E-state index < -0.39 is 0 Å². The molecule has 11 heavy (non-hydrogen) atoms. The first-order chi connectivity index (χ1) is 5.27. The maximum absolute atomic E-state index is 11.1. The van der Waals surface area contributed by atoms with Gasteiger partial charge in [-0.25, -0.2) is 0 Å². The van der Waals surface area contributed by atoms with Crippen LogP contribution in [0.25, 0.3) is 0 Å². The molecule has 0 aromatic carbocycles. The number of hydrogen-bond acceptors (Lipinski definition) is 3. The minimum absolute atomic E-state index is 0.138. The van der Waals surface area contributed by atoms with E-state index in [1.807, 2.05) is 6.20 Å². The second-order valence-corrected chi connectivity index (χ2v) is 3.24. The summed E-state index contributed by atoms with van der Waals surface area (Å²) in [7, 11) is 0. The monoisotopic (exact) mass is 152 g/mol. The van der Waals surface area contributed by atoms with Crippen molar-refractivity contribution < 1.29 is 4.79 Å². The molecule has 3 nitrogen and oxygen atoms in total. The van der Waals surface area contributed by atoms with Crippen LogP contribution in [0.3, 0.4) is 0 Å². The quantitative estimate of drug-likeness (QED) is 0.569. The molecule has 0 spiro atoms. The maximum Gasteiger partial charge on any atom is 0.172 e. The highest BCUT2D eigenvalue weighted by Gasteiger charge is 2.30. The standard InChI is InChI=1S/C8H12N2O/c9-7-3-4-10(5-8(7)11)6-1-2-6/h3-4,6-7H,1-2,5,9H2. The van der Waals surface area contributed by atoms with Crippen molar-refractivity contribution >= 4 is 5.78 Å². The number of hydrogen-bond donors (Lipinski definition) is 1. The smallest absolute Gasteiger partial charge is 0.172 e. The van der Waals surface area contributed by atoms with Crippen molar-refractivity contribution in [1.82, 2.24) is 4.90 Å². The van der Waals surface area contributed by atoms with Gasteiger partial charge in [0.2, 0.25) is 0 Å². The Morgan fingerprint density at radius 2 is 2.27 bits per heavy atom. The summed E-state index contributed by atoms with van der Waals surface area (Å²) in [5.74, 6) is 0.138. The summed E-state index contributed by atoms with van der Waals surface area (Å²) in [6, 6.07) is 0.271. The predicted molar refractivity (Wildman–Crippen MR) is 41.9 cm³/mol. The molecule has 2 rings (SSSR count). The Balaban J connectivity index is 2.05. The zero-order chi connectivity index (χ0) is 7.84. The van der Waals surface area contributed by atoms with Gasteiger partial charge in [-0.2, -0.15) is 0 Å². The molecule has 0 aromatic rings. The molecular formula is C8H12N2O. The molecule has 0 radical (unpaired) electrons. The molecule has 1 fully saturated rings. The summed E-state index contributed by atoms with van der Waals surface area (Å²) in [6.07, 6.45) is 6.20. The van der Waals surface area contributed by atoms with Crippen LogP contribution in [-0.2, 0) is 4.79 Å². The summed E-state index contributed by atoms with van der Waals surface area (Å²) in [5.41, 5.74) is 5.50.